The summed E-state index contributed by atoms with van der Waals surface area (Å²) in [5.74, 6) is -1.26. The van der Waals surface area contributed by atoms with Gasteiger partial charge in [-0.15, -0.1) is 12.3 Å². The second-order valence-corrected chi connectivity index (χ2v) is 3.70. The first kappa shape index (κ1) is 13.6. The van der Waals surface area contributed by atoms with Crippen LogP contribution in [-0.4, -0.2) is 7.05 Å². The van der Waals surface area contributed by atoms with Crippen molar-refractivity contribution in [2.75, 3.05) is 7.05 Å². The van der Waals surface area contributed by atoms with E-state index in [2.05, 4.69) is 11.2 Å². The van der Waals surface area contributed by atoms with Gasteiger partial charge in [-0.1, -0.05) is 6.07 Å². The minimum absolute atomic E-state index is 0.128. The van der Waals surface area contributed by atoms with Crippen molar-refractivity contribution in [2.45, 2.75) is 25.3 Å². The fraction of sp³-hybridized carbons (Fsp3) is 0.385. The van der Waals surface area contributed by atoms with E-state index in [1.54, 1.807) is 7.05 Å². The Morgan fingerprint density at radius 3 is 2.59 bits per heavy atom. The Balaban J connectivity index is 2.89. The maximum Gasteiger partial charge on any atom is 0.194 e. The first-order valence-corrected chi connectivity index (χ1v) is 5.36. The van der Waals surface area contributed by atoms with Crippen molar-refractivity contribution >= 4 is 0 Å². The van der Waals surface area contributed by atoms with E-state index in [1.165, 1.54) is 6.07 Å². The van der Waals surface area contributed by atoms with E-state index in [9.17, 15) is 13.2 Å². The van der Waals surface area contributed by atoms with Gasteiger partial charge in [-0.25, -0.2) is 13.2 Å². The van der Waals surface area contributed by atoms with Gasteiger partial charge in [-0.2, -0.15) is 0 Å². The van der Waals surface area contributed by atoms with Crippen LogP contribution in [-0.2, 0) is 0 Å². The Bertz CT molecular complexity index is 423. The average Bonchev–Trinajstić information content (AvgIpc) is 2.33. The number of hydrogen-bond donors (Lipinski definition) is 1. The lowest BCUT2D eigenvalue weighted by Gasteiger charge is -2.17. The molecule has 1 unspecified atom stereocenters. The van der Waals surface area contributed by atoms with Gasteiger partial charge in [0, 0.05) is 18.0 Å². The smallest absolute Gasteiger partial charge is 0.194 e. The van der Waals surface area contributed by atoms with Gasteiger partial charge in [0.25, 0.3) is 0 Å². The van der Waals surface area contributed by atoms with Crippen LogP contribution in [0.1, 0.15) is 30.9 Å². The Morgan fingerprint density at radius 1 is 1.29 bits per heavy atom. The molecule has 92 valence electrons. The second kappa shape index (κ2) is 6.31. The zero-order valence-electron chi connectivity index (χ0n) is 9.56. The van der Waals surface area contributed by atoms with Crippen LogP contribution in [0, 0.1) is 29.8 Å². The molecule has 0 bridgehead atoms. The lowest BCUT2D eigenvalue weighted by atomic mass is 10.0. The van der Waals surface area contributed by atoms with Crippen LogP contribution in [0.5, 0.6) is 0 Å². The number of rotatable bonds is 5. The number of nitrogens with one attached hydrogen (secondary N) is 1. The summed E-state index contributed by atoms with van der Waals surface area (Å²) in [7, 11) is 1.64. The molecule has 1 rings (SSSR count). The third kappa shape index (κ3) is 3.24. The Kier molecular flexibility index (Phi) is 5.05. The fourth-order valence-corrected chi connectivity index (χ4v) is 1.67. The predicted molar refractivity (Wildman–Crippen MR) is 60.8 cm³/mol. The van der Waals surface area contributed by atoms with Crippen LogP contribution in [0.4, 0.5) is 13.2 Å². The summed E-state index contributed by atoms with van der Waals surface area (Å²) < 4.78 is 39.4. The molecule has 0 spiro atoms. The third-order valence-electron chi connectivity index (χ3n) is 2.60. The van der Waals surface area contributed by atoms with E-state index < -0.39 is 17.5 Å². The summed E-state index contributed by atoms with van der Waals surface area (Å²) in [6, 6.07) is 1.82. The maximum absolute atomic E-state index is 13.5. The van der Waals surface area contributed by atoms with Gasteiger partial charge in [0.2, 0.25) is 0 Å². The van der Waals surface area contributed by atoms with Crippen LogP contribution >= 0.6 is 0 Å². The van der Waals surface area contributed by atoms with E-state index in [-0.39, 0.29) is 11.6 Å². The van der Waals surface area contributed by atoms with E-state index in [0.717, 1.165) is 6.07 Å². The van der Waals surface area contributed by atoms with Crippen molar-refractivity contribution in [3.63, 3.8) is 0 Å². The van der Waals surface area contributed by atoms with E-state index in [1.807, 2.05) is 0 Å². The van der Waals surface area contributed by atoms with Crippen molar-refractivity contribution in [3.05, 3.63) is 35.1 Å². The molecule has 0 aliphatic carbocycles. The molecule has 0 saturated carbocycles. The quantitative estimate of drug-likeness (QED) is 0.474. The summed E-state index contributed by atoms with van der Waals surface area (Å²) in [6.07, 6.45) is 6.95. The molecule has 1 aromatic rings. The van der Waals surface area contributed by atoms with Gasteiger partial charge in [0.05, 0.1) is 0 Å². The highest BCUT2D eigenvalue weighted by Gasteiger charge is 2.19. The summed E-state index contributed by atoms with van der Waals surface area (Å²) in [6.45, 7) is 0. The Labute approximate surface area is 99.0 Å². The zero-order valence-corrected chi connectivity index (χ0v) is 9.56. The van der Waals surface area contributed by atoms with Gasteiger partial charge in [0.15, 0.2) is 17.5 Å². The van der Waals surface area contributed by atoms with Gasteiger partial charge in [0.1, 0.15) is 0 Å². The number of benzene rings is 1. The van der Waals surface area contributed by atoms with Crippen LogP contribution in [0.3, 0.4) is 0 Å². The molecule has 1 atom stereocenters. The first-order chi connectivity index (χ1) is 8.11. The van der Waals surface area contributed by atoms with Gasteiger partial charge in [-0.3, -0.25) is 0 Å². The van der Waals surface area contributed by atoms with Gasteiger partial charge >= 0.3 is 0 Å². The maximum atomic E-state index is 13.5. The molecule has 0 amide bonds. The monoisotopic (exact) mass is 241 g/mol. The third-order valence-corrected chi connectivity index (χ3v) is 2.60. The largest absolute Gasteiger partial charge is 0.313 e. The summed E-state index contributed by atoms with van der Waals surface area (Å²) in [5, 5.41) is 2.87. The highest BCUT2D eigenvalue weighted by molar-refractivity contribution is 5.23. The molecule has 17 heavy (non-hydrogen) atoms. The molecule has 0 radical (unpaired) electrons. The summed E-state index contributed by atoms with van der Waals surface area (Å²) >= 11 is 0. The summed E-state index contributed by atoms with van der Waals surface area (Å²) in [4.78, 5) is 0. The van der Waals surface area contributed by atoms with E-state index in [0.29, 0.717) is 19.3 Å². The highest BCUT2D eigenvalue weighted by atomic mass is 19.2. The summed E-state index contributed by atoms with van der Waals surface area (Å²) in [5.41, 5.74) is 0.128. The standard InChI is InChI=1S/C13H14F3N/c1-3-4-5-6-11(17-2)9-7-8-10(14)13(16)12(9)15/h1,7-8,11,17H,4-6H2,2H3. The van der Waals surface area contributed by atoms with Crippen molar-refractivity contribution in [3.8, 4) is 12.3 Å². The Morgan fingerprint density at radius 2 is 2.00 bits per heavy atom. The van der Waals surface area contributed by atoms with Crippen molar-refractivity contribution in [1.82, 2.24) is 5.32 Å². The zero-order chi connectivity index (χ0) is 12.8. The molecule has 0 heterocycles. The van der Waals surface area contributed by atoms with Crippen LogP contribution in [0.2, 0.25) is 0 Å². The van der Waals surface area contributed by atoms with Crippen LogP contribution in [0.25, 0.3) is 0 Å². The second-order valence-electron chi connectivity index (χ2n) is 3.70. The highest BCUT2D eigenvalue weighted by Crippen LogP contribution is 2.24. The van der Waals surface area contributed by atoms with E-state index >= 15 is 0 Å². The molecular weight excluding hydrogens is 227 g/mol. The predicted octanol–water partition coefficient (Wildman–Crippen LogP) is 3.17. The molecule has 0 aliphatic rings. The molecule has 1 nitrogen and oxygen atoms in total. The average molecular weight is 241 g/mol. The minimum atomic E-state index is -1.43. The van der Waals surface area contributed by atoms with Crippen LogP contribution in [0.15, 0.2) is 12.1 Å². The van der Waals surface area contributed by atoms with Crippen LogP contribution < -0.4 is 5.32 Å². The molecule has 1 aromatic carbocycles. The molecule has 4 heteroatoms. The first-order valence-electron chi connectivity index (χ1n) is 5.36. The number of unbranched alkanes of at least 4 members (excludes halogenated alkanes) is 1. The number of halogens is 3. The normalized spacial score (nSPS) is 12.2. The molecular formula is C13H14F3N. The van der Waals surface area contributed by atoms with Crippen molar-refractivity contribution in [2.24, 2.45) is 0 Å². The van der Waals surface area contributed by atoms with E-state index in [4.69, 9.17) is 6.42 Å². The Hall–Kier alpha value is -1.47. The van der Waals surface area contributed by atoms with Gasteiger partial charge in [-0.05, 0) is 26.0 Å². The van der Waals surface area contributed by atoms with Gasteiger partial charge < -0.3 is 5.32 Å². The van der Waals surface area contributed by atoms with Crippen molar-refractivity contribution < 1.29 is 13.2 Å². The molecule has 0 saturated heterocycles. The fourth-order valence-electron chi connectivity index (χ4n) is 1.67. The topological polar surface area (TPSA) is 12.0 Å². The van der Waals surface area contributed by atoms with Crippen molar-refractivity contribution in [1.29, 1.82) is 0 Å². The number of hydrogen-bond acceptors (Lipinski definition) is 1. The molecule has 0 aromatic heterocycles. The molecule has 1 N–H and O–H groups in total. The lowest BCUT2D eigenvalue weighted by Crippen LogP contribution is -2.18. The lowest BCUT2D eigenvalue weighted by molar-refractivity contribution is 0.422. The molecule has 0 fully saturated rings. The minimum Gasteiger partial charge on any atom is -0.313 e. The SMILES string of the molecule is C#CCCCC(NC)c1ccc(F)c(F)c1F. The number of terminal acetylenes is 1. The molecule has 0 aliphatic heterocycles.